The van der Waals surface area contributed by atoms with Crippen LogP contribution in [-0.2, 0) is 9.53 Å². The number of carbonyl (C=O) groups is 1. The lowest BCUT2D eigenvalue weighted by atomic mass is 10.1. The average molecular weight is 236 g/mol. The summed E-state index contributed by atoms with van der Waals surface area (Å²) in [6, 6.07) is 5.23. The van der Waals surface area contributed by atoms with Crippen LogP contribution in [0.3, 0.4) is 0 Å². The topological polar surface area (TPSA) is 59.6 Å². The molecule has 1 heterocycles. The van der Waals surface area contributed by atoms with E-state index in [9.17, 15) is 4.79 Å². The van der Waals surface area contributed by atoms with Crippen LogP contribution in [0.25, 0.3) is 0 Å². The summed E-state index contributed by atoms with van der Waals surface area (Å²) in [5, 5.41) is 5.98. The second-order valence-electron chi connectivity index (χ2n) is 3.82. The number of hydrogen-bond acceptors (Lipinski definition) is 4. The van der Waals surface area contributed by atoms with Crippen LogP contribution in [0.1, 0.15) is 11.6 Å². The van der Waals surface area contributed by atoms with Crippen molar-refractivity contribution >= 4 is 11.6 Å². The van der Waals surface area contributed by atoms with Gasteiger partial charge >= 0.3 is 0 Å². The van der Waals surface area contributed by atoms with E-state index in [1.807, 2.05) is 18.2 Å². The van der Waals surface area contributed by atoms with Crippen LogP contribution in [0.5, 0.6) is 5.75 Å². The smallest absolute Gasteiger partial charge is 0.246 e. The molecule has 0 spiro atoms. The second-order valence-corrected chi connectivity index (χ2v) is 3.82. The van der Waals surface area contributed by atoms with Gasteiger partial charge in [0, 0.05) is 24.9 Å². The van der Waals surface area contributed by atoms with E-state index in [2.05, 4.69) is 10.6 Å². The van der Waals surface area contributed by atoms with Gasteiger partial charge in [0.1, 0.15) is 11.8 Å². The van der Waals surface area contributed by atoms with Crippen molar-refractivity contribution < 1.29 is 14.3 Å². The monoisotopic (exact) mass is 236 g/mol. The Labute approximate surface area is 100 Å². The van der Waals surface area contributed by atoms with Crippen molar-refractivity contribution in [3.8, 4) is 5.75 Å². The first kappa shape index (κ1) is 11.9. The van der Waals surface area contributed by atoms with E-state index in [1.165, 1.54) is 0 Å². The number of amides is 1. The van der Waals surface area contributed by atoms with E-state index in [-0.39, 0.29) is 11.9 Å². The molecular formula is C12H16N2O3. The van der Waals surface area contributed by atoms with Crippen molar-refractivity contribution in [1.82, 2.24) is 5.32 Å². The number of carbonyl (C=O) groups excluding carboxylic acids is 1. The van der Waals surface area contributed by atoms with E-state index in [1.54, 1.807) is 14.2 Å². The first-order valence-electron chi connectivity index (χ1n) is 5.47. The molecule has 1 aromatic carbocycles. The lowest BCUT2D eigenvalue weighted by Gasteiger charge is -2.11. The SMILES string of the molecule is COCCNC1C(=O)Nc2ccc(OC)cc21. The van der Waals surface area contributed by atoms with Crippen molar-refractivity contribution in [2.75, 3.05) is 32.7 Å². The largest absolute Gasteiger partial charge is 0.497 e. The number of methoxy groups -OCH3 is 2. The van der Waals surface area contributed by atoms with Gasteiger partial charge in [-0.1, -0.05) is 0 Å². The number of ether oxygens (including phenoxy) is 2. The van der Waals surface area contributed by atoms with Crippen LogP contribution in [0.4, 0.5) is 5.69 Å². The van der Waals surface area contributed by atoms with Crippen molar-refractivity contribution in [3.63, 3.8) is 0 Å². The van der Waals surface area contributed by atoms with Crippen LogP contribution in [0.15, 0.2) is 18.2 Å². The third-order valence-corrected chi connectivity index (χ3v) is 2.74. The molecule has 0 aromatic heterocycles. The van der Waals surface area contributed by atoms with Gasteiger partial charge in [-0.15, -0.1) is 0 Å². The lowest BCUT2D eigenvalue weighted by Crippen LogP contribution is -2.30. The molecule has 2 N–H and O–H groups in total. The molecule has 92 valence electrons. The van der Waals surface area contributed by atoms with Crippen LogP contribution in [0.2, 0.25) is 0 Å². The molecule has 0 radical (unpaired) electrons. The predicted octanol–water partition coefficient (Wildman–Crippen LogP) is 0.924. The highest BCUT2D eigenvalue weighted by atomic mass is 16.5. The Bertz CT molecular complexity index is 420. The second kappa shape index (κ2) is 5.16. The Morgan fingerprint density at radius 2 is 2.24 bits per heavy atom. The first-order valence-corrected chi connectivity index (χ1v) is 5.47. The fourth-order valence-corrected chi connectivity index (χ4v) is 1.87. The van der Waals surface area contributed by atoms with Crippen LogP contribution >= 0.6 is 0 Å². The summed E-state index contributed by atoms with van der Waals surface area (Å²) in [5.74, 6) is 0.711. The minimum Gasteiger partial charge on any atom is -0.497 e. The van der Waals surface area contributed by atoms with Crippen LogP contribution in [0, 0.1) is 0 Å². The fraction of sp³-hybridized carbons (Fsp3) is 0.417. The highest BCUT2D eigenvalue weighted by Crippen LogP contribution is 2.33. The Kier molecular flexibility index (Phi) is 3.61. The lowest BCUT2D eigenvalue weighted by molar-refractivity contribution is -0.117. The molecule has 1 amide bonds. The van der Waals surface area contributed by atoms with Crippen molar-refractivity contribution in [2.45, 2.75) is 6.04 Å². The van der Waals surface area contributed by atoms with E-state index in [4.69, 9.17) is 9.47 Å². The van der Waals surface area contributed by atoms with Gasteiger partial charge in [0.15, 0.2) is 0 Å². The van der Waals surface area contributed by atoms with Crippen molar-refractivity contribution in [1.29, 1.82) is 0 Å². The third-order valence-electron chi connectivity index (χ3n) is 2.74. The number of rotatable bonds is 5. The Morgan fingerprint density at radius 3 is 2.94 bits per heavy atom. The number of fused-ring (bicyclic) bond motifs is 1. The number of anilines is 1. The highest BCUT2D eigenvalue weighted by Gasteiger charge is 2.30. The van der Waals surface area contributed by atoms with Gasteiger partial charge in [-0.05, 0) is 18.2 Å². The zero-order valence-electron chi connectivity index (χ0n) is 9.95. The van der Waals surface area contributed by atoms with Crippen molar-refractivity contribution in [2.24, 2.45) is 0 Å². The van der Waals surface area contributed by atoms with E-state index < -0.39 is 0 Å². The number of hydrogen-bond donors (Lipinski definition) is 2. The molecular weight excluding hydrogens is 220 g/mol. The standard InChI is InChI=1S/C12H16N2O3/c1-16-6-5-13-11-9-7-8(17-2)3-4-10(9)14-12(11)15/h3-4,7,11,13H,5-6H2,1-2H3,(H,14,15). The van der Waals surface area contributed by atoms with Gasteiger partial charge in [0.05, 0.1) is 13.7 Å². The maximum atomic E-state index is 11.8. The summed E-state index contributed by atoms with van der Waals surface area (Å²) in [6.45, 7) is 1.20. The molecule has 0 bridgehead atoms. The molecule has 1 aliphatic rings. The fourth-order valence-electron chi connectivity index (χ4n) is 1.87. The molecule has 0 saturated carbocycles. The highest BCUT2D eigenvalue weighted by molar-refractivity contribution is 6.02. The molecule has 5 nitrogen and oxygen atoms in total. The van der Waals surface area contributed by atoms with E-state index in [0.717, 1.165) is 17.0 Å². The quantitative estimate of drug-likeness (QED) is 0.746. The predicted molar refractivity (Wildman–Crippen MR) is 64.2 cm³/mol. The summed E-state index contributed by atoms with van der Waals surface area (Å²) < 4.78 is 10.1. The van der Waals surface area contributed by atoms with E-state index >= 15 is 0 Å². The molecule has 1 unspecified atom stereocenters. The number of nitrogens with one attached hydrogen (secondary N) is 2. The Hall–Kier alpha value is -1.59. The molecule has 0 saturated heterocycles. The molecule has 0 fully saturated rings. The molecule has 2 rings (SSSR count). The molecule has 1 aromatic rings. The maximum absolute atomic E-state index is 11.8. The summed E-state index contributed by atoms with van der Waals surface area (Å²) in [5.41, 5.74) is 1.76. The minimum atomic E-state index is -0.324. The first-order chi connectivity index (χ1) is 8.26. The Morgan fingerprint density at radius 1 is 1.41 bits per heavy atom. The molecule has 5 heteroatoms. The van der Waals surface area contributed by atoms with Crippen molar-refractivity contribution in [3.05, 3.63) is 23.8 Å². The van der Waals surface area contributed by atoms with Gasteiger partial charge < -0.3 is 14.8 Å². The summed E-state index contributed by atoms with van der Waals surface area (Å²) >= 11 is 0. The van der Waals surface area contributed by atoms with Gasteiger partial charge in [0.25, 0.3) is 0 Å². The van der Waals surface area contributed by atoms with Gasteiger partial charge in [0.2, 0.25) is 5.91 Å². The number of benzene rings is 1. The van der Waals surface area contributed by atoms with Gasteiger partial charge in [-0.3, -0.25) is 10.1 Å². The van der Waals surface area contributed by atoms with Gasteiger partial charge in [-0.25, -0.2) is 0 Å². The Balaban J connectivity index is 2.16. The maximum Gasteiger partial charge on any atom is 0.246 e. The molecule has 1 atom stereocenters. The van der Waals surface area contributed by atoms with Crippen LogP contribution in [-0.4, -0.2) is 33.3 Å². The zero-order chi connectivity index (χ0) is 12.3. The van der Waals surface area contributed by atoms with E-state index in [0.29, 0.717) is 13.2 Å². The minimum absolute atomic E-state index is 0.0376. The van der Waals surface area contributed by atoms with Crippen LogP contribution < -0.4 is 15.4 Å². The molecule has 0 aliphatic carbocycles. The summed E-state index contributed by atoms with van der Waals surface area (Å²) in [6.07, 6.45) is 0. The third kappa shape index (κ3) is 2.40. The molecule has 17 heavy (non-hydrogen) atoms. The molecule has 1 aliphatic heterocycles. The average Bonchev–Trinajstić information content (AvgIpc) is 2.65. The zero-order valence-corrected chi connectivity index (χ0v) is 9.95. The van der Waals surface area contributed by atoms with Gasteiger partial charge in [-0.2, -0.15) is 0 Å². The summed E-state index contributed by atoms with van der Waals surface area (Å²) in [4.78, 5) is 11.8. The normalized spacial score (nSPS) is 17.8. The summed E-state index contributed by atoms with van der Waals surface area (Å²) in [7, 11) is 3.24.